The molecule has 1 rings (SSSR count). The summed E-state index contributed by atoms with van der Waals surface area (Å²) in [4.78, 5) is 0. The molecule has 1 atom stereocenters. The second-order valence-corrected chi connectivity index (χ2v) is 4.19. The zero-order valence-corrected chi connectivity index (χ0v) is 9.28. The SMILES string of the molecule is CC1CC=CC=CCC=CCCCC1. The highest BCUT2D eigenvalue weighted by Crippen LogP contribution is 2.14. The van der Waals surface area contributed by atoms with Crippen LogP contribution in [0.5, 0.6) is 0 Å². The normalized spacial score (nSPS) is 25.1. The van der Waals surface area contributed by atoms with Crippen LogP contribution in [0.15, 0.2) is 36.5 Å². The summed E-state index contributed by atoms with van der Waals surface area (Å²) in [6.07, 6.45) is 21.1. The molecule has 0 aromatic heterocycles. The van der Waals surface area contributed by atoms with Crippen molar-refractivity contribution in [1.82, 2.24) is 0 Å². The van der Waals surface area contributed by atoms with Crippen LogP contribution < -0.4 is 0 Å². The molecule has 0 fully saturated rings. The van der Waals surface area contributed by atoms with Gasteiger partial charge >= 0.3 is 0 Å². The molecule has 0 radical (unpaired) electrons. The molecule has 0 amide bonds. The van der Waals surface area contributed by atoms with Crippen LogP contribution >= 0.6 is 0 Å². The van der Waals surface area contributed by atoms with Gasteiger partial charge in [0.2, 0.25) is 0 Å². The highest BCUT2D eigenvalue weighted by atomic mass is 14.0. The lowest BCUT2D eigenvalue weighted by Gasteiger charge is -2.06. The smallest absolute Gasteiger partial charge is 0.0166 e. The van der Waals surface area contributed by atoms with Gasteiger partial charge < -0.3 is 0 Å². The summed E-state index contributed by atoms with van der Waals surface area (Å²) in [5, 5.41) is 0. The molecule has 1 unspecified atom stereocenters. The van der Waals surface area contributed by atoms with E-state index in [1.54, 1.807) is 0 Å². The van der Waals surface area contributed by atoms with Crippen LogP contribution in [-0.2, 0) is 0 Å². The third-order valence-corrected chi connectivity index (χ3v) is 2.68. The van der Waals surface area contributed by atoms with E-state index >= 15 is 0 Å². The third-order valence-electron chi connectivity index (χ3n) is 2.68. The van der Waals surface area contributed by atoms with Crippen LogP contribution in [0.2, 0.25) is 0 Å². The first-order valence-electron chi connectivity index (χ1n) is 5.86. The largest absolute Gasteiger partial charge is 0.0882 e. The highest BCUT2D eigenvalue weighted by Gasteiger charge is 1.98. The molecule has 0 N–H and O–H groups in total. The average molecular weight is 190 g/mol. The van der Waals surface area contributed by atoms with Gasteiger partial charge in [-0.25, -0.2) is 0 Å². The van der Waals surface area contributed by atoms with Crippen molar-refractivity contribution in [1.29, 1.82) is 0 Å². The maximum absolute atomic E-state index is 2.35. The molecule has 0 saturated heterocycles. The summed E-state index contributed by atoms with van der Waals surface area (Å²) in [7, 11) is 0. The summed E-state index contributed by atoms with van der Waals surface area (Å²) in [6.45, 7) is 2.35. The molecule has 0 aromatic carbocycles. The van der Waals surface area contributed by atoms with Gasteiger partial charge in [-0.05, 0) is 31.6 Å². The Balaban J connectivity index is 2.38. The maximum atomic E-state index is 2.35. The van der Waals surface area contributed by atoms with E-state index in [0.29, 0.717) is 0 Å². The summed E-state index contributed by atoms with van der Waals surface area (Å²) >= 11 is 0. The monoisotopic (exact) mass is 190 g/mol. The molecular formula is C14H22. The fourth-order valence-corrected chi connectivity index (χ4v) is 1.71. The number of hydrogen-bond acceptors (Lipinski definition) is 0. The van der Waals surface area contributed by atoms with E-state index in [9.17, 15) is 0 Å². The van der Waals surface area contributed by atoms with Crippen molar-refractivity contribution >= 4 is 0 Å². The van der Waals surface area contributed by atoms with Crippen molar-refractivity contribution in [3.8, 4) is 0 Å². The van der Waals surface area contributed by atoms with Gasteiger partial charge in [0.25, 0.3) is 0 Å². The summed E-state index contributed by atoms with van der Waals surface area (Å²) in [6, 6.07) is 0. The molecular weight excluding hydrogens is 168 g/mol. The van der Waals surface area contributed by atoms with Gasteiger partial charge in [0.15, 0.2) is 0 Å². The average Bonchev–Trinajstić information content (AvgIpc) is 2.20. The third kappa shape index (κ3) is 5.80. The summed E-state index contributed by atoms with van der Waals surface area (Å²) in [5.41, 5.74) is 0. The van der Waals surface area contributed by atoms with Gasteiger partial charge in [0.05, 0.1) is 0 Å². The first-order valence-corrected chi connectivity index (χ1v) is 5.86. The van der Waals surface area contributed by atoms with Gasteiger partial charge in [-0.2, -0.15) is 0 Å². The van der Waals surface area contributed by atoms with E-state index in [2.05, 4.69) is 43.4 Å². The van der Waals surface area contributed by atoms with Crippen LogP contribution in [0.4, 0.5) is 0 Å². The Kier molecular flexibility index (Phi) is 6.14. The molecule has 1 aliphatic rings. The van der Waals surface area contributed by atoms with Gasteiger partial charge in [-0.1, -0.05) is 56.2 Å². The van der Waals surface area contributed by atoms with Gasteiger partial charge in [-0.3, -0.25) is 0 Å². The van der Waals surface area contributed by atoms with E-state index in [1.807, 2.05) is 0 Å². The molecule has 0 aromatic rings. The van der Waals surface area contributed by atoms with Gasteiger partial charge in [0.1, 0.15) is 0 Å². The lowest BCUT2D eigenvalue weighted by molar-refractivity contribution is 0.505. The predicted molar refractivity (Wildman–Crippen MR) is 64.3 cm³/mol. The van der Waals surface area contributed by atoms with Gasteiger partial charge in [0, 0.05) is 0 Å². The van der Waals surface area contributed by atoms with Crippen molar-refractivity contribution in [3.05, 3.63) is 36.5 Å². The zero-order chi connectivity index (χ0) is 10.1. The maximum Gasteiger partial charge on any atom is -0.0166 e. The first-order chi connectivity index (χ1) is 6.89. The van der Waals surface area contributed by atoms with E-state index in [1.165, 1.54) is 32.1 Å². The number of allylic oxidation sites excluding steroid dienone is 6. The second-order valence-electron chi connectivity index (χ2n) is 4.19. The zero-order valence-electron chi connectivity index (χ0n) is 9.28. The van der Waals surface area contributed by atoms with E-state index in [-0.39, 0.29) is 0 Å². The van der Waals surface area contributed by atoms with Crippen molar-refractivity contribution in [3.63, 3.8) is 0 Å². The molecule has 0 bridgehead atoms. The Labute approximate surface area is 88.4 Å². The predicted octanol–water partition coefficient (Wildman–Crippen LogP) is 4.65. The minimum Gasteiger partial charge on any atom is -0.0882 e. The van der Waals surface area contributed by atoms with Crippen LogP contribution in [0.25, 0.3) is 0 Å². The molecule has 0 spiro atoms. The molecule has 78 valence electrons. The molecule has 0 aliphatic heterocycles. The first kappa shape index (κ1) is 11.3. The number of hydrogen-bond donors (Lipinski definition) is 0. The second kappa shape index (κ2) is 7.61. The summed E-state index contributed by atoms with van der Waals surface area (Å²) < 4.78 is 0. The summed E-state index contributed by atoms with van der Waals surface area (Å²) in [5.74, 6) is 0.851. The fourth-order valence-electron chi connectivity index (χ4n) is 1.71. The molecule has 14 heavy (non-hydrogen) atoms. The molecule has 0 heteroatoms. The Morgan fingerprint density at radius 3 is 2.71 bits per heavy atom. The fraction of sp³-hybridized carbons (Fsp3) is 0.571. The van der Waals surface area contributed by atoms with Crippen molar-refractivity contribution < 1.29 is 0 Å². The lowest BCUT2D eigenvalue weighted by atomic mass is 10.00. The van der Waals surface area contributed by atoms with Crippen molar-refractivity contribution in [2.24, 2.45) is 5.92 Å². The molecule has 1 aliphatic carbocycles. The highest BCUT2D eigenvalue weighted by molar-refractivity contribution is 5.05. The van der Waals surface area contributed by atoms with Crippen LogP contribution in [0.1, 0.15) is 45.4 Å². The Hall–Kier alpha value is -0.780. The molecule has 0 heterocycles. The van der Waals surface area contributed by atoms with Gasteiger partial charge in [-0.15, -0.1) is 0 Å². The topological polar surface area (TPSA) is 0 Å². The lowest BCUT2D eigenvalue weighted by Crippen LogP contribution is -1.92. The van der Waals surface area contributed by atoms with E-state index < -0.39 is 0 Å². The minimum atomic E-state index is 0.851. The number of rotatable bonds is 0. The quantitative estimate of drug-likeness (QED) is 0.488. The van der Waals surface area contributed by atoms with Crippen LogP contribution in [-0.4, -0.2) is 0 Å². The molecule has 0 saturated carbocycles. The van der Waals surface area contributed by atoms with Crippen molar-refractivity contribution in [2.75, 3.05) is 0 Å². The van der Waals surface area contributed by atoms with Crippen LogP contribution in [0, 0.1) is 5.92 Å². The standard InChI is InChI=1S/C14H22/c1-14-12-10-8-6-4-2-3-5-7-9-11-13-14/h2,4-5,7,9,11,14H,3,6,8,10,12-13H2,1H3. The Morgan fingerprint density at radius 1 is 0.929 bits per heavy atom. The Bertz CT molecular complexity index is 208. The van der Waals surface area contributed by atoms with Crippen LogP contribution in [0.3, 0.4) is 0 Å². The minimum absolute atomic E-state index is 0.851. The Morgan fingerprint density at radius 2 is 1.79 bits per heavy atom. The van der Waals surface area contributed by atoms with Crippen molar-refractivity contribution in [2.45, 2.75) is 45.4 Å². The van der Waals surface area contributed by atoms with E-state index in [0.717, 1.165) is 12.3 Å². The molecule has 0 nitrogen and oxygen atoms in total. The van der Waals surface area contributed by atoms with E-state index in [4.69, 9.17) is 0 Å².